The van der Waals surface area contributed by atoms with E-state index in [2.05, 4.69) is 13.8 Å². The summed E-state index contributed by atoms with van der Waals surface area (Å²) in [4.78, 5) is 0. The molecule has 0 N–H and O–H groups in total. The average molecular weight is 225 g/mol. The molecular weight excluding hydrogens is 208 g/mol. The smallest absolute Gasteiger partial charge is 0.212 e. The van der Waals surface area contributed by atoms with Gasteiger partial charge in [0.15, 0.2) is 0 Å². The molecule has 0 radical (unpaired) electrons. The Morgan fingerprint density at radius 1 is 1.38 bits per heavy atom. The lowest BCUT2D eigenvalue weighted by Gasteiger charge is -2.37. The minimum atomic E-state index is -3.35. The van der Waals surface area contributed by atoms with Crippen LogP contribution in [0.4, 0.5) is 0 Å². The van der Waals surface area contributed by atoms with E-state index in [1.807, 2.05) is 6.92 Å². The Bertz CT molecular complexity index is 282. The van der Waals surface area contributed by atoms with E-state index in [0.29, 0.717) is 6.42 Å². The molecule has 0 spiro atoms. The fourth-order valence-corrected chi connectivity index (χ4v) is 4.19. The maximum atomic E-state index is 11.2. The quantitative estimate of drug-likeness (QED) is 0.642. The van der Waals surface area contributed by atoms with E-state index >= 15 is 0 Å². The van der Waals surface area contributed by atoms with Gasteiger partial charge in [-0.15, -0.1) is 0 Å². The van der Waals surface area contributed by atoms with Crippen LogP contribution < -0.4 is 0 Å². The highest BCUT2D eigenvalue weighted by molar-refractivity contribution is 8.14. The standard InChI is InChI=1S/C9H17ClO2S/c1-7-6-9(2,3)5-4-8(7)13(10,11)12/h7-8H,4-6H2,1-3H3. The summed E-state index contributed by atoms with van der Waals surface area (Å²) >= 11 is 0. The van der Waals surface area contributed by atoms with Crippen molar-refractivity contribution in [2.45, 2.75) is 45.3 Å². The highest BCUT2D eigenvalue weighted by Crippen LogP contribution is 2.41. The summed E-state index contributed by atoms with van der Waals surface area (Å²) in [7, 11) is 2.02. The van der Waals surface area contributed by atoms with Crippen LogP contribution in [0.2, 0.25) is 0 Å². The first-order valence-corrected chi connectivity index (χ1v) is 7.03. The van der Waals surface area contributed by atoms with Gasteiger partial charge in [0.05, 0.1) is 5.25 Å². The summed E-state index contributed by atoms with van der Waals surface area (Å²) in [6, 6.07) is 0. The Hall–Kier alpha value is 0.240. The predicted octanol–water partition coefficient (Wildman–Crippen LogP) is 2.77. The Labute approximate surface area is 85.1 Å². The van der Waals surface area contributed by atoms with Crippen LogP contribution in [0.1, 0.15) is 40.0 Å². The third kappa shape index (κ3) is 2.84. The van der Waals surface area contributed by atoms with Crippen LogP contribution in [0.3, 0.4) is 0 Å². The van der Waals surface area contributed by atoms with Gasteiger partial charge in [0.25, 0.3) is 0 Å². The van der Waals surface area contributed by atoms with Crippen LogP contribution >= 0.6 is 10.7 Å². The molecule has 78 valence electrons. The molecule has 0 aromatic rings. The highest BCUT2D eigenvalue weighted by Gasteiger charge is 2.38. The van der Waals surface area contributed by atoms with E-state index in [4.69, 9.17) is 10.7 Å². The molecule has 1 saturated carbocycles. The Morgan fingerprint density at radius 3 is 2.31 bits per heavy atom. The SMILES string of the molecule is CC1CC(C)(C)CCC1S(=O)(=O)Cl. The molecule has 0 aromatic heterocycles. The summed E-state index contributed by atoms with van der Waals surface area (Å²) < 4.78 is 22.3. The number of rotatable bonds is 1. The van der Waals surface area contributed by atoms with E-state index in [-0.39, 0.29) is 16.6 Å². The first-order chi connectivity index (χ1) is 5.72. The maximum absolute atomic E-state index is 11.2. The van der Waals surface area contributed by atoms with E-state index < -0.39 is 9.05 Å². The molecular formula is C9H17ClO2S. The minimum Gasteiger partial charge on any atom is -0.212 e. The highest BCUT2D eigenvalue weighted by atomic mass is 35.7. The van der Waals surface area contributed by atoms with Gasteiger partial charge >= 0.3 is 0 Å². The topological polar surface area (TPSA) is 34.1 Å². The Kier molecular flexibility index (Phi) is 2.98. The van der Waals surface area contributed by atoms with Gasteiger partial charge in [-0.2, -0.15) is 0 Å². The molecule has 1 rings (SSSR count). The van der Waals surface area contributed by atoms with Crippen molar-refractivity contribution >= 4 is 19.7 Å². The van der Waals surface area contributed by atoms with Crippen LogP contribution in [0.25, 0.3) is 0 Å². The lowest BCUT2D eigenvalue weighted by atomic mass is 9.73. The second-order valence-corrected chi connectivity index (χ2v) is 7.75. The van der Waals surface area contributed by atoms with Crippen molar-refractivity contribution in [3.8, 4) is 0 Å². The molecule has 0 aromatic carbocycles. The van der Waals surface area contributed by atoms with Crippen LogP contribution in [0.15, 0.2) is 0 Å². The van der Waals surface area contributed by atoms with Crippen LogP contribution in [0.5, 0.6) is 0 Å². The third-order valence-corrected chi connectivity index (χ3v) is 5.09. The lowest BCUT2D eigenvalue weighted by molar-refractivity contribution is 0.194. The van der Waals surface area contributed by atoms with Crippen molar-refractivity contribution in [2.24, 2.45) is 11.3 Å². The first kappa shape index (κ1) is 11.3. The zero-order chi connectivity index (χ0) is 10.3. The molecule has 1 aliphatic carbocycles. The monoisotopic (exact) mass is 224 g/mol. The zero-order valence-electron chi connectivity index (χ0n) is 8.38. The van der Waals surface area contributed by atoms with Crippen molar-refractivity contribution in [3.63, 3.8) is 0 Å². The molecule has 13 heavy (non-hydrogen) atoms. The Balaban J connectivity index is 2.76. The molecule has 0 saturated heterocycles. The van der Waals surface area contributed by atoms with Crippen molar-refractivity contribution < 1.29 is 8.42 Å². The Morgan fingerprint density at radius 2 is 1.92 bits per heavy atom. The number of hydrogen-bond acceptors (Lipinski definition) is 2. The van der Waals surface area contributed by atoms with E-state index in [0.717, 1.165) is 12.8 Å². The van der Waals surface area contributed by atoms with E-state index in [9.17, 15) is 8.42 Å². The minimum absolute atomic E-state index is 0.186. The molecule has 2 nitrogen and oxygen atoms in total. The van der Waals surface area contributed by atoms with Gasteiger partial charge in [0, 0.05) is 10.7 Å². The van der Waals surface area contributed by atoms with E-state index in [1.54, 1.807) is 0 Å². The molecule has 4 heteroatoms. The molecule has 0 bridgehead atoms. The molecule has 2 atom stereocenters. The molecule has 0 amide bonds. The van der Waals surface area contributed by atoms with Gasteiger partial charge in [0.1, 0.15) is 0 Å². The second kappa shape index (κ2) is 3.43. The number of hydrogen-bond donors (Lipinski definition) is 0. The molecule has 0 heterocycles. The van der Waals surface area contributed by atoms with Gasteiger partial charge in [-0.25, -0.2) is 8.42 Å². The predicted molar refractivity (Wildman–Crippen MR) is 55.4 cm³/mol. The lowest BCUT2D eigenvalue weighted by Crippen LogP contribution is -2.35. The van der Waals surface area contributed by atoms with Crippen molar-refractivity contribution in [2.75, 3.05) is 0 Å². The zero-order valence-corrected chi connectivity index (χ0v) is 9.95. The van der Waals surface area contributed by atoms with Crippen molar-refractivity contribution in [3.05, 3.63) is 0 Å². The second-order valence-electron chi connectivity index (χ2n) is 4.90. The third-order valence-electron chi connectivity index (χ3n) is 2.98. The summed E-state index contributed by atoms with van der Waals surface area (Å²) in [6.45, 7) is 6.34. The molecule has 2 unspecified atom stereocenters. The average Bonchev–Trinajstić information content (AvgIpc) is 1.80. The van der Waals surface area contributed by atoms with Crippen LogP contribution in [-0.2, 0) is 9.05 Å². The van der Waals surface area contributed by atoms with Gasteiger partial charge in [-0.1, -0.05) is 20.8 Å². The van der Waals surface area contributed by atoms with Crippen LogP contribution in [0, 0.1) is 11.3 Å². The fraction of sp³-hybridized carbons (Fsp3) is 1.00. The molecule has 1 fully saturated rings. The summed E-state index contributed by atoms with van der Waals surface area (Å²) in [5.41, 5.74) is 0.275. The normalized spacial score (nSPS) is 34.5. The van der Waals surface area contributed by atoms with Crippen molar-refractivity contribution in [1.29, 1.82) is 0 Å². The van der Waals surface area contributed by atoms with Gasteiger partial charge in [-0.05, 0) is 30.6 Å². The summed E-state index contributed by atoms with van der Waals surface area (Å²) in [5, 5.41) is -0.331. The van der Waals surface area contributed by atoms with Gasteiger partial charge in [0.2, 0.25) is 9.05 Å². The molecule has 1 aliphatic rings. The number of halogens is 1. The largest absolute Gasteiger partial charge is 0.235 e. The first-order valence-electron chi connectivity index (χ1n) is 4.66. The van der Waals surface area contributed by atoms with Gasteiger partial charge < -0.3 is 0 Å². The summed E-state index contributed by atoms with van der Waals surface area (Å²) in [5.74, 6) is 0.186. The van der Waals surface area contributed by atoms with Crippen LogP contribution in [-0.4, -0.2) is 13.7 Å². The van der Waals surface area contributed by atoms with Crippen molar-refractivity contribution in [1.82, 2.24) is 0 Å². The fourth-order valence-electron chi connectivity index (χ4n) is 2.34. The summed E-state index contributed by atoms with van der Waals surface area (Å²) in [6.07, 6.45) is 2.61. The maximum Gasteiger partial charge on any atom is 0.235 e. The van der Waals surface area contributed by atoms with E-state index in [1.165, 1.54) is 0 Å². The molecule has 0 aliphatic heterocycles. The van der Waals surface area contributed by atoms with Gasteiger partial charge in [-0.3, -0.25) is 0 Å².